The number of nitrogens with zero attached hydrogens (tertiary/aromatic N) is 1. The number of likely N-dealkylation sites (tertiary alicyclic amines) is 1. The summed E-state index contributed by atoms with van der Waals surface area (Å²) in [4.78, 5) is 38.0. The highest BCUT2D eigenvalue weighted by atomic mass is 19.4. The fourth-order valence-electron chi connectivity index (χ4n) is 3.34. The van der Waals surface area contributed by atoms with Gasteiger partial charge in [-0.15, -0.1) is 0 Å². The van der Waals surface area contributed by atoms with Crippen LogP contribution < -0.4 is 5.32 Å². The maximum Gasteiger partial charge on any atom is 0.416 e. The van der Waals surface area contributed by atoms with Crippen LogP contribution in [0.5, 0.6) is 0 Å². The number of alkyl halides is 3. The quantitative estimate of drug-likeness (QED) is 0.529. The predicted octanol–water partition coefficient (Wildman–Crippen LogP) is 4.02. The molecule has 11 heteroatoms. The monoisotopic (exact) mass is 470 g/mol. The molecular weight excluding hydrogens is 451 g/mol. The van der Waals surface area contributed by atoms with Gasteiger partial charge in [-0.1, -0.05) is 0 Å². The Bertz CT molecular complexity index is 1030. The first-order valence-electron chi connectivity index (χ1n) is 9.92. The highest BCUT2D eigenvalue weighted by Gasteiger charge is 2.32. The van der Waals surface area contributed by atoms with E-state index >= 15 is 0 Å². The van der Waals surface area contributed by atoms with Crippen molar-refractivity contribution >= 4 is 23.5 Å². The van der Waals surface area contributed by atoms with E-state index in [0.717, 1.165) is 42.5 Å². The van der Waals surface area contributed by atoms with Gasteiger partial charge in [-0.3, -0.25) is 14.4 Å². The lowest BCUT2D eigenvalue weighted by Gasteiger charge is -2.31. The van der Waals surface area contributed by atoms with E-state index in [2.05, 4.69) is 5.32 Å². The maximum atomic E-state index is 13.5. The van der Waals surface area contributed by atoms with Crippen LogP contribution in [0.2, 0.25) is 0 Å². The smallest absolute Gasteiger partial charge is 0.416 e. The van der Waals surface area contributed by atoms with Gasteiger partial charge in [-0.05, 0) is 49.2 Å². The van der Waals surface area contributed by atoms with E-state index in [4.69, 9.17) is 4.74 Å². The van der Waals surface area contributed by atoms with Gasteiger partial charge in [0.1, 0.15) is 11.6 Å². The highest BCUT2D eigenvalue weighted by molar-refractivity contribution is 5.94. The van der Waals surface area contributed by atoms with Gasteiger partial charge in [0.25, 0.3) is 11.8 Å². The molecule has 0 saturated carbocycles. The molecule has 2 aromatic carbocycles. The van der Waals surface area contributed by atoms with Gasteiger partial charge in [0.05, 0.1) is 17.2 Å². The molecule has 6 nitrogen and oxygen atoms in total. The number of ether oxygens (including phenoxy) is 1. The normalized spacial score (nSPS) is 14.6. The molecule has 0 atom stereocenters. The zero-order chi connectivity index (χ0) is 24.2. The van der Waals surface area contributed by atoms with Gasteiger partial charge in [0, 0.05) is 24.7 Å². The highest BCUT2D eigenvalue weighted by Crippen LogP contribution is 2.29. The number of carbonyl (C=O) groups excluding carboxylic acids is 3. The van der Waals surface area contributed by atoms with Gasteiger partial charge >= 0.3 is 12.1 Å². The topological polar surface area (TPSA) is 75.7 Å². The molecule has 1 fully saturated rings. The molecule has 1 N–H and O–H groups in total. The third-order valence-electron chi connectivity index (χ3n) is 5.12. The van der Waals surface area contributed by atoms with Crippen molar-refractivity contribution in [2.45, 2.75) is 19.0 Å². The summed E-state index contributed by atoms with van der Waals surface area (Å²) in [6.07, 6.45) is -4.01. The Kier molecular flexibility index (Phi) is 7.29. The molecule has 1 heterocycles. The first-order chi connectivity index (χ1) is 15.5. The zero-order valence-corrected chi connectivity index (χ0v) is 17.1. The number of esters is 1. The number of rotatable bonds is 5. The number of hydrogen-bond acceptors (Lipinski definition) is 4. The minimum absolute atomic E-state index is 0.102. The molecule has 2 amide bonds. The molecule has 176 valence electrons. The van der Waals surface area contributed by atoms with Crippen LogP contribution in [0.3, 0.4) is 0 Å². The zero-order valence-electron chi connectivity index (χ0n) is 17.1. The molecule has 2 aromatic rings. The lowest BCUT2D eigenvalue weighted by molar-refractivity contribution is -0.152. The first kappa shape index (κ1) is 24.1. The molecule has 1 saturated heterocycles. The molecule has 33 heavy (non-hydrogen) atoms. The van der Waals surface area contributed by atoms with Crippen molar-refractivity contribution < 1.29 is 41.1 Å². The van der Waals surface area contributed by atoms with Crippen LogP contribution in [0.4, 0.5) is 27.6 Å². The Hall–Kier alpha value is -3.50. The van der Waals surface area contributed by atoms with Crippen molar-refractivity contribution in [3.63, 3.8) is 0 Å². The second-order valence-electron chi connectivity index (χ2n) is 7.42. The van der Waals surface area contributed by atoms with E-state index in [-0.39, 0.29) is 37.2 Å². The van der Waals surface area contributed by atoms with Crippen LogP contribution in [0.15, 0.2) is 42.5 Å². The summed E-state index contributed by atoms with van der Waals surface area (Å²) in [6, 6.07) is 6.39. The Morgan fingerprint density at radius 3 is 2.24 bits per heavy atom. The van der Waals surface area contributed by atoms with E-state index in [1.807, 2.05) is 0 Å². The van der Waals surface area contributed by atoms with Crippen molar-refractivity contribution in [1.82, 2.24) is 4.90 Å². The lowest BCUT2D eigenvalue weighted by atomic mass is 9.96. The van der Waals surface area contributed by atoms with E-state index in [1.165, 1.54) is 4.90 Å². The lowest BCUT2D eigenvalue weighted by Crippen LogP contribution is -2.41. The summed E-state index contributed by atoms with van der Waals surface area (Å²) in [5, 5.41) is 2.11. The number of hydrogen-bond donors (Lipinski definition) is 1. The number of benzene rings is 2. The molecule has 0 spiro atoms. The largest absolute Gasteiger partial charge is 0.455 e. The average molecular weight is 470 g/mol. The van der Waals surface area contributed by atoms with Crippen LogP contribution in [-0.2, 0) is 20.5 Å². The van der Waals surface area contributed by atoms with Gasteiger partial charge in [0.15, 0.2) is 6.61 Å². The number of carbonyl (C=O) groups is 3. The Morgan fingerprint density at radius 2 is 1.64 bits per heavy atom. The number of nitrogens with one attached hydrogen (secondary N) is 1. The molecular formula is C22H19F5N2O4. The Morgan fingerprint density at radius 1 is 1.00 bits per heavy atom. The summed E-state index contributed by atoms with van der Waals surface area (Å²) in [6.45, 7) is -0.333. The molecule has 0 unspecified atom stereocenters. The van der Waals surface area contributed by atoms with Gasteiger partial charge in [-0.2, -0.15) is 13.2 Å². The Balaban J connectivity index is 1.46. The van der Waals surface area contributed by atoms with Crippen molar-refractivity contribution in [1.29, 1.82) is 0 Å². The molecule has 0 radical (unpaired) electrons. The molecule has 0 bridgehead atoms. The second kappa shape index (κ2) is 9.97. The summed E-state index contributed by atoms with van der Waals surface area (Å²) < 4.78 is 69.6. The summed E-state index contributed by atoms with van der Waals surface area (Å²) in [5.41, 5.74) is -1.14. The number of halogens is 5. The van der Waals surface area contributed by atoms with Crippen molar-refractivity contribution in [2.75, 3.05) is 25.0 Å². The van der Waals surface area contributed by atoms with Gasteiger partial charge < -0.3 is 15.0 Å². The number of piperidine rings is 1. The molecule has 0 aliphatic carbocycles. The molecule has 1 aliphatic rings. The summed E-state index contributed by atoms with van der Waals surface area (Å²) >= 11 is 0. The van der Waals surface area contributed by atoms with Crippen LogP contribution in [0, 0.1) is 17.6 Å². The third kappa shape index (κ3) is 6.27. The van der Waals surface area contributed by atoms with Gasteiger partial charge in [-0.25, -0.2) is 8.78 Å². The van der Waals surface area contributed by atoms with Crippen molar-refractivity contribution in [3.8, 4) is 0 Å². The average Bonchev–Trinajstić information content (AvgIpc) is 2.79. The van der Waals surface area contributed by atoms with E-state index in [9.17, 15) is 36.3 Å². The maximum absolute atomic E-state index is 13.5. The van der Waals surface area contributed by atoms with Crippen LogP contribution >= 0.6 is 0 Å². The molecule has 0 aromatic heterocycles. The minimum Gasteiger partial charge on any atom is -0.455 e. The summed E-state index contributed by atoms with van der Waals surface area (Å²) in [5.74, 6) is -4.15. The minimum atomic E-state index is -4.50. The van der Waals surface area contributed by atoms with E-state index in [0.29, 0.717) is 0 Å². The second-order valence-corrected chi connectivity index (χ2v) is 7.42. The van der Waals surface area contributed by atoms with Crippen molar-refractivity contribution in [2.24, 2.45) is 5.92 Å². The SMILES string of the molecule is O=C(COC(=O)C1CCN(C(=O)c2ccc(C(F)(F)F)cc2)CC1)Nc1cc(F)ccc1F. The number of anilines is 1. The van der Waals surface area contributed by atoms with E-state index in [1.54, 1.807) is 0 Å². The third-order valence-corrected chi connectivity index (χ3v) is 5.12. The fraction of sp³-hybridized carbons (Fsp3) is 0.318. The van der Waals surface area contributed by atoms with E-state index < -0.39 is 53.7 Å². The predicted molar refractivity (Wildman–Crippen MR) is 106 cm³/mol. The molecule has 3 rings (SSSR count). The van der Waals surface area contributed by atoms with Crippen LogP contribution in [0.25, 0.3) is 0 Å². The summed E-state index contributed by atoms with van der Waals surface area (Å²) in [7, 11) is 0. The standard InChI is InChI=1S/C22H19F5N2O4/c23-16-5-6-17(24)18(11-16)28-19(30)12-33-21(32)14-7-9-29(10-8-14)20(31)13-1-3-15(4-2-13)22(25,26)27/h1-6,11,14H,7-10,12H2,(H,28,30). The molecule has 1 aliphatic heterocycles. The van der Waals surface area contributed by atoms with Crippen LogP contribution in [0.1, 0.15) is 28.8 Å². The van der Waals surface area contributed by atoms with Crippen molar-refractivity contribution in [3.05, 3.63) is 65.2 Å². The fourth-order valence-corrected chi connectivity index (χ4v) is 3.34. The van der Waals surface area contributed by atoms with Gasteiger partial charge in [0.2, 0.25) is 0 Å². The first-order valence-corrected chi connectivity index (χ1v) is 9.92. The Labute approximate surface area is 185 Å². The number of amides is 2. The van der Waals surface area contributed by atoms with Crippen LogP contribution in [-0.4, -0.2) is 42.4 Å².